The van der Waals surface area contributed by atoms with Crippen LogP contribution in [0.3, 0.4) is 0 Å². The van der Waals surface area contributed by atoms with Gasteiger partial charge in [0.25, 0.3) is 0 Å². The Labute approximate surface area is 108 Å². The zero-order valence-corrected chi connectivity index (χ0v) is 12.1. The Morgan fingerprint density at radius 2 is 2.00 bits per heavy atom. The lowest BCUT2D eigenvalue weighted by molar-refractivity contribution is 0.154. The van der Waals surface area contributed by atoms with Crippen molar-refractivity contribution in [3.63, 3.8) is 0 Å². The van der Waals surface area contributed by atoms with Crippen molar-refractivity contribution >= 4 is 15.9 Å². The van der Waals surface area contributed by atoms with Gasteiger partial charge in [0.1, 0.15) is 0 Å². The van der Waals surface area contributed by atoms with E-state index in [1.165, 1.54) is 25.7 Å². The van der Waals surface area contributed by atoms with Crippen LogP contribution in [0.4, 0.5) is 0 Å². The van der Waals surface area contributed by atoms with Crippen molar-refractivity contribution < 1.29 is 0 Å². The molecular weight excluding hydrogens is 264 g/mol. The standard InChI is InChI=1S/C13H23BrN2/c1-3-13(4-2,10-14)11-16(9-5-8-15)12-6-7-12/h12H,3-7,9-11H2,1-2H3. The van der Waals surface area contributed by atoms with Crippen LogP contribution in [-0.4, -0.2) is 29.4 Å². The molecule has 0 aliphatic heterocycles. The lowest BCUT2D eigenvalue weighted by Crippen LogP contribution is -2.40. The van der Waals surface area contributed by atoms with Gasteiger partial charge in [-0.2, -0.15) is 5.26 Å². The summed E-state index contributed by atoms with van der Waals surface area (Å²) >= 11 is 3.67. The molecule has 0 spiro atoms. The first-order valence-corrected chi connectivity index (χ1v) is 7.50. The Kier molecular flexibility index (Phi) is 5.78. The Balaban J connectivity index is 2.54. The third-order valence-electron chi connectivity index (χ3n) is 3.90. The van der Waals surface area contributed by atoms with Crippen LogP contribution in [0.1, 0.15) is 46.0 Å². The molecule has 1 rings (SSSR count). The number of nitriles is 1. The topological polar surface area (TPSA) is 27.0 Å². The fraction of sp³-hybridized carbons (Fsp3) is 0.923. The average molecular weight is 287 g/mol. The van der Waals surface area contributed by atoms with Gasteiger partial charge in [-0.1, -0.05) is 29.8 Å². The van der Waals surface area contributed by atoms with E-state index in [4.69, 9.17) is 5.26 Å². The molecule has 0 aromatic heterocycles. The number of alkyl halides is 1. The molecule has 16 heavy (non-hydrogen) atoms. The Hall–Kier alpha value is -0.0700. The van der Waals surface area contributed by atoms with E-state index in [0.717, 1.165) is 24.5 Å². The van der Waals surface area contributed by atoms with E-state index in [9.17, 15) is 0 Å². The number of hydrogen-bond donors (Lipinski definition) is 0. The van der Waals surface area contributed by atoms with Gasteiger partial charge in [0.05, 0.1) is 6.07 Å². The Bertz CT molecular complexity index is 231. The van der Waals surface area contributed by atoms with E-state index in [0.29, 0.717) is 11.8 Å². The maximum absolute atomic E-state index is 8.70. The van der Waals surface area contributed by atoms with Crippen LogP contribution < -0.4 is 0 Å². The summed E-state index contributed by atoms with van der Waals surface area (Å²) in [7, 11) is 0. The molecule has 0 unspecified atom stereocenters. The molecule has 1 fully saturated rings. The van der Waals surface area contributed by atoms with E-state index in [-0.39, 0.29) is 0 Å². The van der Waals surface area contributed by atoms with E-state index >= 15 is 0 Å². The van der Waals surface area contributed by atoms with Crippen molar-refractivity contribution in [3.05, 3.63) is 0 Å². The second-order valence-electron chi connectivity index (χ2n) is 4.95. The molecule has 0 heterocycles. The van der Waals surface area contributed by atoms with E-state index in [2.05, 4.69) is 40.7 Å². The maximum atomic E-state index is 8.70. The number of rotatable bonds is 8. The maximum Gasteiger partial charge on any atom is 0.0635 e. The van der Waals surface area contributed by atoms with Crippen LogP contribution in [-0.2, 0) is 0 Å². The molecule has 0 aromatic carbocycles. The number of nitrogens with zero attached hydrogens (tertiary/aromatic N) is 2. The molecule has 2 nitrogen and oxygen atoms in total. The molecule has 0 atom stereocenters. The molecule has 0 saturated heterocycles. The third kappa shape index (κ3) is 3.75. The predicted octanol–water partition coefficient (Wildman–Crippen LogP) is 3.57. The highest BCUT2D eigenvalue weighted by molar-refractivity contribution is 9.09. The summed E-state index contributed by atoms with van der Waals surface area (Å²) in [6, 6.07) is 3.04. The third-order valence-corrected chi connectivity index (χ3v) is 5.09. The SMILES string of the molecule is CCC(CC)(CBr)CN(CCC#N)C1CC1. The molecule has 0 aromatic rings. The molecule has 1 saturated carbocycles. The van der Waals surface area contributed by atoms with Gasteiger partial charge in [-0.05, 0) is 31.1 Å². The van der Waals surface area contributed by atoms with Crippen LogP contribution in [0.15, 0.2) is 0 Å². The largest absolute Gasteiger partial charge is 0.299 e. The molecule has 3 heteroatoms. The zero-order chi connectivity index (χ0) is 12.0. The first-order valence-electron chi connectivity index (χ1n) is 6.38. The number of halogens is 1. The van der Waals surface area contributed by atoms with Crippen LogP contribution >= 0.6 is 15.9 Å². The highest BCUT2D eigenvalue weighted by atomic mass is 79.9. The van der Waals surface area contributed by atoms with Gasteiger partial charge in [-0.3, -0.25) is 4.90 Å². The second-order valence-corrected chi connectivity index (χ2v) is 5.51. The van der Waals surface area contributed by atoms with Gasteiger partial charge < -0.3 is 0 Å². The minimum absolute atomic E-state index is 0.401. The minimum atomic E-state index is 0.401. The normalized spacial score (nSPS) is 16.4. The summed E-state index contributed by atoms with van der Waals surface area (Å²) in [5.74, 6) is 0. The Morgan fingerprint density at radius 3 is 2.38 bits per heavy atom. The Morgan fingerprint density at radius 1 is 1.38 bits per heavy atom. The van der Waals surface area contributed by atoms with Crippen molar-refractivity contribution in [1.82, 2.24) is 4.90 Å². The van der Waals surface area contributed by atoms with Crippen LogP contribution in [0, 0.1) is 16.7 Å². The average Bonchev–Trinajstić information content (AvgIpc) is 3.15. The van der Waals surface area contributed by atoms with Gasteiger partial charge in [-0.25, -0.2) is 0 Å². The summed E-state index contributed by atoms with van der Waals surface area (Å²) in [6.07, 6.45) is 5.76. The molecule has 0 N–H and O–H groups in total. The molecule has 1 aliphatic carbocycles. The monoisotopic (exact) mass is 286 g/mol. The van der Waals surface area contributed by atoms with Crippen molar-refractivity contribution in [2.75, 3.05) is 18.4 Å². The van der Waals surface area contributed by atoms with Crippen LogP contribution in [0.25, 0.3) is 0 Å². The highest BCUT2D eigenvalue weighted by Crippen LogP contribution is 2.35. The van der Waals surface area contributed by atoms with E-state index < -0.39 is 0 Å². The fourth-order valence-electron chi connectivity index (χ4n) is 2.16. The zero-order valence-electron chi connectivity index (χ0n) is 10.5. The molecular formula is C13H23BrN2. The molecule has 0 amide bonds. The van der Waals surface area contributed by atoms with Crippen molar-refractivity contribution in [2.24, 2.45) is 5.41 Å². The van der Waals surface area contributed by atoms with Gasteiger partial charge in [0.2, 0.25) is 0 Å². The lowest BCUT2D eigenvalue weighted by Gasteiger charge is -2.36. The van der Waals surface area contributed by atoms with E-state index in [1.54, 1.807) is 0 Å². The van der Waals surface area contributed by atoms with Crippen molar-refractivity contribution in [2.45, 2.75) is 52.0 Å². The lowest BCUT2D eigenvalue weighted by atomic mass is 9.84. The van der Waals surface area contributed by atoms with Crippen LogP contribution in [0.5, 0.6) is 0 Å². The molecule has 1 aliphatic rings. The fourth-order valence-corrected chi connectivity index (χ4v) is 3.13. The molecule has 0 radical (unpaired) electrons. The van der Waals surface area contributed by atoms with Gasteiger partial charge in [0.15, 0.2) is 0 Å². The highest BCUT2D eigenvalue weighted by Gasteiger charge is 2.34. The molecule has 0 bridgehead atoms. The summed E-state index contributed by atoms with van der Waals surface area (Å²) in [5, 5.41) is 9.77. The van der Waals surface area contributed by atoms with Crippen LogP contribution in [0.2, 0.25) is 0 Å². The smallest absolute Gasteiger partial charge is 0.0635 e. The van der Waals surface area contributed by atoms with Gasteiger partial charge in [-0.15, -0.1) is 0 Å². The van der Waals surface area contributed by atoms with Gasteiger partial charge in [0, 0.05) is 30.9 Å². The minimum Gasteiger partial charge on any atom is -0.299 e. The van der Waals surface area contributed by atoms with E-state index in [1.807, 2.05) is 0 Å². The first-order chi connectivity index (χ1) is 7.71. The summed E-state index contributed by atoms with van der Waals surface area (Å²) in [5.41, 5.74) is 0.401. The van der Waals surface area contributed by atoms with Gasteiger partial charge >= 0.3 is 0 Å². The first kappa shape index (κ1) is 14.0. The van der Waals surface area contributed by atoms with Crippen molar-refractivity contribution in [1.29, 1.82) is 5.26 Å². The predicted molar refractivity (Wildman–Crippen MR) is 71.6 cm³/mol. The summed E-state index contributed by atoms with van der Waals surface area (Å²) < 4.78 is 0. The second kappa shape index (κ2) is 6.61. The quantitative estimate of drug-likeness (QED) is 0.638. The molecule has 92 valence electrons. The summed E-state index contributed by atoms with van der Waals surface area (Å²) in [6.45, 7) is 6.66. The number of hydrogen-bond acceptors (Lipinski definition) is 2. The summed E-state index contributed by atoms with van der Waals surface area (Å²) in [4.78, 5) is 2.54. The van der Waals surface area contributed by atoms with Crippen molar-refractivity contribution in [3.8, 4) is 6.07 Å².